The van der Waals surface area contributed by atoms with Crippen LogP contribution in [0.25, 0.3) is 0 Å². The molecule has 8 nitrogen and oxygen atoms in total. The minimum Gasteiger partial charge on any atom is -0.460 e. The number of aliphatic hydroxyl groups excluding tert-OH is 2. The van der Waals surface area contributed by atoms with Crippen LogP contribution in [0.4, 0.5) is 0 Å². The Morgan fingerprint density at radius 3 is 2.42 bits per heavy atom. The number of fused-ring (bicyclic) bond motifs is 5. The maximum atomic E-state index is 14.0. The zero-order valence-electron chi connectivity index (χ0n) is 23.6. The fourth-order valence-corrected chi connectivity index (χ4v) is 11.3. The zero-order chi connectivity index (χ0) is 27.2. The largest absolute Gasteiger partial charge is 0.460 e. The number of hydrogen-bond donors (Lipinski definition) is 2. The first-order chi connectivity index (χ1) is 17.7. The highest BCUT2D eigenvalue weighted by Crippen LogP contribution is 2.76. The van der Waals surface area contributed by atoms with Crippen molar-refractivity contribution < 1.29 is 38.7 Å². The van der Waals surface area contributed by atoms with Gasteiger partial charge in [-0.3, -0.25) is 9.59 Å². The Hall–Kier alpha value is -1.22. The third kappa shape index (κ3) is 2.86. The van der Waals surface area contributed by atoms with E-state index >= 15 is 0 Å². The summed E-state index contributed by atoms with van der Waals surface area (Å²) in [7, 11) is 0. The fourth-order valence-electron chi connectivity index (χ4n) is 11.3. The third-order valence-corrected chi connectivity index (χ3v) is 13.0. The van der Waals surface area contributed by atoms with Crippen LogP contribution in [0.2, 0.25) is 0 Å². The molecular weight excluding hydrogens is 488 g/mol. The van der Waals surface area contributed by atoms with Crippen molar-refractivity contribution in [1.82, 2.24) is 0 Å². The third-order valence-electron chi connectivity index (χ3n) is 13.0. The normalized spacial score (nSPS) is 59.6. The number of carbonyl (C=O) groups is 2. The van der Waals surface area contributed by atoms with Crippen LogP contribution in [0.5, 0.6) is 0 Å². The van der Waals surface area contributed by atoms with Crippen molar-refractivity contribution in [3.8, 4) is 0 Å². The van der Waals surface area contributed by atoms with Gasteiger partial charge in [0.15, 0.2) is 5.60 Å². The molecule has 212 valence electrons. The molecule has 4 aliphatic carbocycles. The zero-order valence-corrected chi connectivity index (χ0v) is 23.6. The molecule has 14 unspecified atom stereocenters. The molecule has 0 amide bonds. The van der Waals surface area contributed by atoms with Gasteiger partial charge in [0.25, 0.3) is 0 Å². The number of aliphatic hydroxyl groups is 2. The Morgan fingerprint density at radius 1 is 1.03 bits per heavy atom. The number of rotatable bonds is 1. The lowest BCUT2D eigenvalue weighted by Gasteiger charge is -2.62. The average Bonchev–Trinajstić information content (AvgIpc) is 3.40. The molecule has 0 bridgehead atoms. The highest BCUT2D eigenvalue weighted by atomic mass is 16.8. The molecule has 4 saturated carbocycles. The molecule has 3 heterocycles. The van der Waals surface area contributed by atoms with E-state index in [0.717, 1.165) is 19.3 Å². The van der Waals surface area contributed by atoms with Crippen molar-refractivity contribution in [2.45, 2.75) is 128 Å². The van der Waals surface area contributed by atoms with E-state index in [9.17, 15) is 19.8 Å². The second-order valence-electron chi connectivity index (χ2n) is 15.0. The quantitative estimate of drug-likeness (QED) is 0.495. The summed E-state index contributed by atoms with van der Waals surface area (Å²) in [4.78, 5) is 25.7. The topological polar surface area (TPSA) is 112 Å². The van der Waals surface area contributed by atoms with E-state index in [1.807, 2.05) is 6.92 Å². The second kappa shape index (κ2) is 7.54. The van der Waals surface area contributed by atoms with Crippen LogP contribution in [-0.2, 0) is 28.5 Å². The van der Waals surface area contributed by atoms with E-state index in [2.05, 4.69) is 27.7 Å². The SMILES string of the molecule is CC(=O)OC1CC2CCC3C(C(O)CC45C(=O)OC6(C)C4C(CC35)OC63CC(C)C(C)(C)O3)C2(C)CC1O. The lowest BCUT2D eigenvalue weighted by molar-refractivity contribution is -0.291. The summed E-state index contributed by atoms with van der Waals surface area (Å²) in [6.07, 6.45) is 2.73. The Kier molecular flexibility index (Phi) is 5.10. The summed E-state index contributed by atoms with van der Waals surface area (Å²) in [5.74, 6) is -0.925. The number of carbonyl (C=O) groups excluding carboxylic acids is 2. The van der Waals surface area contributed by atoms with Gasteiger partial charge in [-0.1, -0.05) is 13.8 Å². The molecule has 38 heavy (non-hydrogen) atoms. The molecule has 7 rings (SSSR count). The van der Waals surface area contributed by atoms with Gasteiger partial charge in [-0.05, 0) is 94.3 Å². The van der Waals surface area contributed by atoms with Gasteiger partial charge in [0.1, 0.15) is 6.10 Å². The predicted octanol–water partition coefficient (Wildman–Crippen LogP) is 3.35. The number of ether oxygens (including phenoxy) is 4. The molecule has 7 aliphatic rings. The van der Waals surface area contributed by atoms with Crippen molar-refractivity contribution in [1.29, 1.82) is 0 Å². The van der Waals surface area contributed by atoms with E-state index in [4.69, 9.17) is 18.9 Å². The molecule has 0 aromatic rings. The predicted molar refractivity (Wildman–Crippen MR) is 134 cm³/mol. The lowest BCUT2D eigenvalue weighted by atomic mass is 9.43. The smallest absolute Gasteiger partial charge is 0.313 e. The maximum absolute atomic E-state index is 14.0. The van der Waals surface area contributed by atoms with Crippen molar-refractivity contribution in [2.24, 2.45) is 46.3 Å². The summed E-state index contributed by atoms with van der Waals surface area (Å²) in [5.41, 5.74) is -2.31. The first-order valence-corrected chi connectivity index (χ1v) is 14.8. The van der Waals surface area contributed by atoms with Crippen LogP contribution in [-0.4, -0.2) is 63.6 Å². The van der Waals surface area contributed by atoms with Crippen LogP contribution >= 0.6 is 0 Å². The number of esters is 2. The van der Waals surface area contributed by atoms with E-state index in [1.165, 1.54) is 6.92 Å². The van der Waals surface area contributed by atoms with Gasteiger partial charge in [-0.15, -0.1) is 0 Å². The highest BCUT2D eigenvalue weighted by molar-refractivity contribution is 5.83. The maximum Gasteiger partial charge on any atom is 0.313 e. The van der Waals surface area contributed by atoms with Gasteiger partial charge >= 0.3 is 11.9 Å². The molecule has 0 aromatic heterocycles. The molecule has 7 fully saturated rings. The Morgan fingerprint density at radius 2 is 1.76 bits per heavy atom. The monoisotopic (exact) mass is 532 g/mol. The van der Waals surface area contributed by atoms with Crippen molar-refractivity contribution >= 4 is 11.9 Å². The summed E-state index contributed by atoms with van der Waals surface area (Å²) in [6, 6.07) is 0. The molecule has 0 radical (unpaired) electrons. The Bertz CT molecular complexity index is 1070. The van der Waals surface area contributed by atoms with Gasteiger partial charge in [0, 0.05) is 19.3 Å². The first-order valence-electron chi connectivity index (χ1n) is 14.8. The van der Waals surface area contributed by atoms with E-state index < -0.39 is 35.1 Å². The van der Waals surface area contributed by atoms with Crippen molar-refractivity contribution in [3.63, 3.8) is 0 Å². The van der Waals surface area contributed by atoms with Crippen LogP contribution in [0, 0.1) is 46.3 Å². The molecule has 2 N–H and O–H groups in total. The van der Waals surface area contributed by atoms with Gasteiger partial charge in [0.05, 0.1) is 29.3 Å². The Labute approximate surface area is 225 Å². The molecule has 3 aliphatic heterocycles. The van der Waals surface area contributed by atoms with E-state index in [0.29, 0.717) is 25.7 Å². The van der Waals surface area contributed by atoms with Gasteiger partial charge in [-0.25, -0.2) is 0 Å². The molecule has 3 saturated heterocycles. The van der Waals surface area contributed by atoms with Crippen LogP contribution < -0.4 is 0 Å². The Balaban J connectivity index is 1.23. The fraction of sp³-hybridized carbons (Fsp3) is 0.933. The van der Waals surface area contributed by atoms with Crippen LogP contribution in [0.3, 0.4) is 0 Å². The summed E-state index contributed by atoms with van der Waals surface area (Å²) in [6.45, 7) is 11.9. The van der Waals surface area contributed by atoms with Crippen molar-refractivity contribution in [3.05, 3.63) is 0 Å². The van der Waals surface area contributed by atoms with Crippen LogP contribution in [0.1, 0.15) is 86.5 Å². The summed E-state index contributed by atoms with van der Waals surface area (Å²) < 4.78 is 25.4. The molecule has 0 aromatic carbocycles. The molecule has 14 atom stereocenters. The summed E-state index contributed by atoms with van der Waals surface area (Å²) >= 11 is 0. The first kappa shape index (κ1) is 25.7. The van der Waals surface area contributed by atoms with E-state index in [1.54, 1.807) is 0 Å². The van der Waals surface area contributed by atoms with Crippen LogP contribution in [0.15, 0.2) is 0 Å². The second-order valence-corrected chi connectivity index (χ2v) is 15.0. The minimum absolute atomic E-state index is 0.0288. The van der Waals surface area contributed by atoms with Gasteiger partial charge < -0.3 is 29.2 Å². The van der Waals surface area contributed by atoms with Gasteiger partial charge in [0.2, 0.25) is 5.79 Å². The summed E-state index contributed by atoms with van der Waals surface area (Å²) in [5, 5.41) is 22.9. The minimum atomic E-state index is -0.944. The molecule has 8 heteroatoms. The highest BCUT2D eigenvalue weighted by Gasteiger charge is 2.85. The standard InChI is InChI=1S/C30H44O8/c1-14-11-30(38-26(14,3)4)28(6)24-22(36-30)10-18-17-8-7-16-9-21(35-15(2)31)19(32)12-27(16,5)23(17)20(33)13-29(18,24)25(34)37-28/h14,16-24,32-33H,7-13H2,1-6H3. The van der Waals surface area contributed by atoms with E-state index in [-0.39, 0.29) is 64.6 Å². The molecule has 2 spiro atoms. The average molecular weight is 533 g/mol. The van der Waals surface area contributed by atoms with Gasteiger partial charge in [-0.2, -0.15) is 0 Å². The molecular formula is C30H44O8. The van der Waals surface area contributed by atoms with Crippen molar-refractivity contribution in [2.75, 3.05) is 0 Å². The lowest BCUT2D eigenvalue weighted by Crippen LogP contribution is -2.62. The number of hydrogen-bond acceptors (Lipinski definition) is 8.